The van der Waals surface area contributed by atoms with Gasteiger partial charge in [-0.25, -0.2) is 4.39 Å². The van der Waals surface area contributed by atoms with Gasteiger partial charge in [0.2, 0.25) is 5.91 Å². The van der Waals surface area contributed by atoms with Gasteiger partial charge in [-0.15, -0.1) is 0 Å². The van der Waals surface area contributed by atoms with Crippen molar-refractivity contribution in [2.75, 3.05) is 32.8 Å². The average molecular weight is 346 g/mol. The highest BCUT2D eigenvalue weighted by Crippen LogP contribution is 2.07. The van der Waals surface area contributed by atoms with E-state index >= 15 is 0 Å². The van der Waals surface area contributed by atoms with Gasteiger partial charge in [0.05, 0.1) is 25.8 Å². The van der Waals surface area contributed by atoms with Crippen LogP contribution in [0.4, 0.5) is 4.39 Å². The van der Waals surface area contributed by atoms with Crippen molar-refractivity contribution in [2.24, 2.45) is 0 Å². The van der Waals surface area contributed by atoms with E-state index in [0.717, 1.165) is 12.1 Å². The number of aromatic nitrogens is 2. The van der Waals surface area contributed by atoms with Gasteiger partial charge in [0.15, 0.2) is 0 Å². The van der Waals surface area contributed by atoms with Gasteiger partial charge >= 0.3 is 0 Å². The van der Waals surface area contributed by atoms with E-state index in [0.29, 0.717) is 39.2 Å². The van der Waals surface area contributed by atoms with Crippen LogP contribution in [0.2, 0.25) is 0 Å². The van der Waals surface area contributed by atoms with Crippen molar-refractivity contribution in [3.05, 3.63) is 54.1 Å². The largest absolute Gasteiger partial charge is 0.374 e. The maximum atomic E-state index is 12.9. The fourth-order valence-electron chi connectivity index (χ4n) is 2.91. The average Bonchev–Trinajstić information content (AvgIpc) is 3.10. The number of nitrogens with one attached hydrogen (secondary N) is 1. The van der Waals surface area contributed by atoms with E-state index in [1.54, 1.807) is 18.3 Å². The van der Waals surface area contributed by atoms with Crippen molar-refractivity contribution in [1.82, 2.24) is 20.0 Å². The molecule has 134 valence electrons. The van der Waals surface area contributed by atoms with Crippen LogP contribution in [0.1, 0.15) is 5.56 Å². The molecule has 0 unspecified atom stereocenters. The van der Waals surface area contributed by atoms with E-state index in [-0.39, 0.29) is 17.8 Å². The zero-order chi connectivity index (χ0) is 17.5. The van der Waals surface area contributed by atoms with Gasteiger partial charge in [0.25, 0.3) is 0 Å². The summed E-state index contributed by atoms with van der Waals surface area (Å²) in [5, 5.41) is 7.11. The van der Waals surface area contributed by atoms with Gasteiger partial charge in [-0.1, -0.05) is 12.1 Å². The van der Waals surface area contributed by atoms with Crippen molar-refractivity contribution in [3.8, 4) is 0 Å². The molecular formula is C18H23FN4O2. The number of morpholine rings is 1. The number of benzene rings is 1. The van der Waals surface area contributed by atoms with Crippen LogP contribution in [0.15, 0.2) is 42.7 Å². The summed E-state index contributed by atoms with van der Waals surface area (Å²) in [7, 11) is 0. The third-order valence-corrected chi connectivity index (χ3v) is 4.19. The topological polar surface area (TPSA) is 59.4 Å². The highest BCUT2D eigenvalue weighted by Gasteiger charge is 2.22. The van der Waals surface area contributed by atoms with Crippen molar-refractivity contribution < 1.29 is 13.9 Å². The number of halogens is 1. The Balaban J connectivity index is 1.37. The molecule has 0 spiro atoms. The minimum absolute atomic E-state index is 0.00171. The Morgan fingerprint density at radius 2 is 2.20 bits per heavy atom. The Morgan fingerprint density at radius 3 is 2.96 bits per heavy atom. The maximum Gasteiger partial charge on any atom is 0.234 e. The van der Waals surface area contributed by atoms with E-state index in [2.05, 4.69) is 15.3 Å². The molecule has 25 heavy (non-hydrogen) atoms. The lowest BCUT2D eigenvalue weighted by atomic mass is 10.1. The lowest BCUT2D eigenvalue weighted by Crippen LogP contribution is -2.48. The molecule has 1 amide bonds. The SMILES string of the molecule is O=C(CN1CCO[C@@H](Cn2cccn2)C1)NCCc1ccc(F)cc1. The molecule has 0 bridgehead atoms. The third kappa shape index (κ3) is 5.65. The Hall–Kier alpha value is -2.25. The number of carbonyl (C=O) groups is 1. The van der Waals surface area contributed by atoms with Crippen LogP contribution in [0.25, 0.3) is 0 Å². The number of nitrogens with zero attached hydrogens (tertiary/aromatic N) is 3. The Kier molecular flexibility index (Phi) is 6.14. The summed E-state index contributed by atoms with van der Waals surface area (Å²) < 4.78 is 20.4. The maximum absolute atomic E-state index is 12.9. The van der Waals surface area contributed by atoms with E-state index in [1.165, 1.54) is 12.1 Å². The smallest absolute Gasteiger partial charge is 0.234 e. The Labute approximate surface area is 146 Å². The molecule has 3 rings (SSSR count). The molecule has 1 N–H and O–H groups in total. The zero-order valence-corrected chi connectivity index (χ0v) is 14.1. The molecule has 1 aromatic heterocycles. The fourth-order valence-corrected chi connectivity index (χ4v) is 2.91. The Bertz CT molecular complexity index is 660. The van der Waals surface area contributed by atoms with Gasteiger partial charge in [0.1, 0.15) is 5.82 Å². The normalized spacial score (nSPS) is 18.2. The molecule has 2 heterocycles. The first-order chi connectivity index (χ1) is 12.2. The molecule has 0 radical (unpaired) electrons. The minimum atomic E-state index is -0.246. The van der Waals surface area contributed by atoms with Gasteiger partial charge < -0.3 is 10.1 Å². The molecule has 1 aliphatic heterocycles. The molecule has 7 heteroatoms. The second-order valence-corrected chi connectivity index (χ2v) is 6.18. The third-order valence-electron chi connectivity index (χ3n) is 4.19. The van der Waals surface area contributed by atoms with Gasteiger partial charge in [0, 0.05) is 32.0 Å². The summed E-state index contributed by atoms with van der Waals surface area (Å²) in [6, 6.07) is 8.23. The first kappa shape index (κ1) is 17.6. The molecule has 1 aromatic carbocycles. The quantitative estimate of drug-likeness (QED) is 0.815. The lowest BCUT2D eigenvalue weighted by Gasteiger charge is -2.32. The summed E-state index contributed by atoms with van der Waals surface area (Å²) in [5.74, 6) is -0.244. The van der Waals surface area contributed by atoms with Crippen LogP contribution < -0.4 is 5.32 Å². The summed E-state index contributed by atoms with van der Waals surface area (Å²) in [6.07, 6.45) is 4.39. The molecule has 1 fully saturated rings. The summed E-state index contributed by atoms with van der Waals surface area (Å²) in [6.45, 7) is 3.69. The predicted octanol–water partition coefficient (Wildman–Crippen LogP) is 1.08. The van der Waals surface area contributed by atoms with Crippen molar-refractivity contribution in [1.29, 1.82) is 0 Å². The van der Waals surface area contributed by atoms with Crippen LogP contribution >= 0.6 is 0 Å². The molecule has 0 aliphatic carbocycles. The van der Waals surface area contributed by atoms with Gasteiger partial charge in [-0.05, 0) is 30.2 Å². The highest BCUT2D eigenvalue weighted by molar-refractivity contribution is 5.78. The van der Waals surface area contributed by atoms with Crippen LogP contribution in [0, 0.1) is 5.82 Å². The second-order valence-electron chi connectivity index (χ2n) is 6.18. The van der Waals surface area contributed by atoms with Gasteiger partial charge in [-0.3, -0.25) is 14.4 Å². The van der Waals surface area contributed by atoms with Crippen molar-refractivity contribution >= 4 is 5.91 Å². The number of hydrogen-bond donors (Lipinski definition) is 1. The molecule has 2 aromatic rings. The van der Waals surface area contributed by atoms with Crippen LogP contribution in [0.3, 0.4) is 0 Å². The van der Waals surface area contributed by atoms with E-state index < -0.39 is 0 Å². The second kappa shape index (κ2) is 8.73. The predicted molar refractivity (Wildman–Crippen MR) is 91.5 cm³/mol. The summed E-state index contributed by atoms with van der Waals surface area (Å²) >= 11 is 0. The van der Waals surface area contributed by atoms with E-state index in [9.17, 15) is 9.18 Å². The highest BCUT2D eigenvalue weighted by atomic mass is 19.1. The van der Waals surface area contributed by atoms with Gasteiger partial charge in [-0.2, -0.15) is 5.10 Å². The zero-order valence-electron chi connectivity index (χ0n) is 14.1. The van der Waals surface area contributed by atoms with Crippen molar-refractivity contribution in [3.63, 3.8) is 0 Å². The number of ether oxygens (including phenoxy) is 1. The molecular weight excluding hydrogens is 323 g/mol. The molecule has 1 atom stereocenters. The van der Waals surface area contributed by atoms with Crippen LogP contribution in [-0.4, -0.2) is 59.5 Å². The fraction of sp³-hybridized carbons (Fsp3) is 0.444. The van der Waals surface area contributed by atoms with E-state index in [4.69, 9.17) is 4.74 Å². The summed E-state index contributed by atoms with van der Waals surface area (Å²) in [5.41, 5.74) is 1.01. The first-order valence-corrected chi connectivity index (χ1v) is 8.51. The molecule has 6 nitrogen and oxygen atoms in total. The summed E-state index contributed by atoms with van der Waals surface area (Å²) in [4.78, 5) is 14.2. The molecule has 0 saturated carbocycles. The van der Waals surface area contributed by atoms with Crippen LogP contribution in [0.5, 0.6) is 0 Å². The minimum Gasteiger partial charge on any atom is -0.374 e. The number of carbonyl (C=O) groups excluding carboxylic acids is 1. The number of amides is 1. The molecule has 1 saturated heterocycles. The van der Waals surface area contributed by atoms with Crippen LogP contribution in [-0.2, 0) is 22.5 Å². The monoisotopic (exact) mass is 346 g/mol. The number of rotatable bonds is 7. The standard InChI is InChI=1S/C18H23FN4O2/c19-16-4-2-15(3-5-16)6-8-20-18(24)14-22-10-11-25-17(12-22)13-23-9-1-7-21-23/h1-5,7,9,17H,6,8,10-14H2,(H,20,24)/t17-/m1/s1. The lowest BCUT2D eigenvalue weighted by molar-refractivity contribution is -0.124. The van der Waals surface area contributed by atoms with Crippen molar-refractivity contribution in [2.45, 2.75) is 19.1 Å². The molecule has 1 aliphatic rings. The Morgan fingerprint density at radius 1 is 1.36 bits per heavy atom. The first-order valence-electron chi connectivity index (χ1n) is 8.51. The van der Waals surface area contributed by atoms with E-state index in [1.807, 2.05) is 16.9 Å². The number of hydrogen-bond acceptors (Lipinski definition) is 4.